The third-order valence-electron chi connectivity index (χ3n) is 8.77. The van der Waals surface area contributed by atoms with Gasteiger partial charge < -0.3 is 9.84 Å². The minimum absolute atomic E-state index is 0.0766. The summed E-state index contributed by atoms with van der Waals surface area (Å²) in [6, 6.07) is 0. The summed E-state index contributed by atoms with van der Waals surface area (Å²) in [5.41, 5.74) is -0.653. The molecule has 3 saturated carbocycles. The van der Waals surface area contributed by atoms with Gasteiger partial charge in [-0.15, -0.1) is 6.58 Å². The largest absolute Gasteiger partial charge is 0.389 e. The maximum atomic E-state index is 12.1. The van der Waals surface area contributed by atoms with Crippen LogP contribution in [0.5, 0.6) is 0 Å². The van der Waals surface area contributed by atoms with E-state index in [0.717, 1.165) is 25.9 Å². The van der Waals surface area contributed by atoms with Gasteiger partial charge in [0.15, 0.2) is 0 Å². The van der Waals surface area contributed by atoms with E-state index in [4.69, 9.17) is 4.74 Å². The summed E-state index contributed by atoms with van der Waals surface area (Å²) in [6.07, 6.45) is 20.5. The molecule has 2 heteroatoms. The van der Waals surface area contributed by atoms with E-state index in [1.54, 1.807) is 0 Å². The van der Waals surface area contributed by atoms with Crippen molar-refractivity contribution in [3.05, 3.63) is 49.1 Å². The molecule has 1 heterocycles. The van der Waals surface area contributed by atoms with Crippen molar-refractivity contribution in [2.45, 2.75) is 36.9 Å². The molecule has 10 atom stereocenters. The number of rotatable bonds is 1. The van der Waals surface area contributed by atoms with Crippen LogP contribution < -0.4 is 0 Å². The van der Waals surface area contributed by atoms with Crippen LogP contribution in [0, 0.1) is 47.3 Å². The lowest BCUT2D eigenvalue weighted by Crippen LogP contribution is -2.68. The molecule has 0 amide bonds. The first-order valence-electron chi connectivity index (χ1n) is 10.2. The maximum Gasteiger partial charge on any atom is 0.0796 e. The van der Waals surface area contributed by atoms with E-state index in [1.165, 1.54) is 6.42 Å². The average molecular weight is 336 g/mol. The molecular formula is C23H28O2. The molecule has 0 aromatic rings. The molecular weight excluding hydrogens is 308 g/mol. The summed E-state index contributed by atoms with van der Waals surface area (Å²) in [6.45, 7) is 4.90. The Morgan fingerprint density at radius 2 is 1.56 bits per heavy atom. The van der Waals surface area contributed by atoms with Crippen LogP contribution in [0.15, 0.2) is 49.1 Å². The number of ether oxygens (including phenoxy) is 1. The molecule has 6 aliphatic rings. The Bertz CT molecular complexity index is 705. The van der Waals surface area contributed by atoms with Crippen LogP contribution in [0.3, 0.4) is 0 Å². The molecule has 2 nitrogen and oxygen atoms in total. The molecule has 1 aliphatic heterocycles. The zero-order chi connectivity index (χ0) is 16.8. The number of allylic oxidation sites excluding steroid dienone is 4. The Balaban J connectivity index is 1.62. The first-order chi connectivity index (χ1) is 12.2. The molecule has 0 saturated heterocycles. The molecule has 1 spiro atoms. The second kappa shape index (κ2) is 4.78. The summed E-state index contributed by atoms with van der Waals surface area (Å²) in [5, 5.41) is 12.1. The summed E-state index contributed by atoms with van der Waals surface area (Å²) in [7, 11) is 0. The molecule has 0 radical (unpaired) electrons. The zero-order valence-corrected chi connectivity index (χ0v) is 14.8. The highest BCUT2D eigenvalue weighted by atomic mass is 16.5. The second-order valence-electron chi connectivity index (χ2n) is 9.42. The van der Waals surface area contributed by atoms with Gasteiger partial charge in [0.05, 0.1) is 17.8 Å². The fraction of sp³-hybridized carbons (Fsp3) is 0.652. The normalized spacial score (nSPS) is 60.0. The van der Waals surface area contributed by atoms with Crippen LogP contribution in [-0.4, -0.2) is 22.9 Å². The van der Waals surface area contributed by atoms with E-state index in [-0.39, 0.29) is 11.5 Å². The SMILES string of the molecule is C=CC1CC2C=CCOC34CC=CC5CC6C=CCC(O)(C1C23)C6C54. The Hall–Kier alpha value is -1.12. The molecule has 5 aliphatic carbocycles. The zero-order valence-electron chi connectivity index (χ0n) is 14.8. The highest BCUT2D eigenvalue weighted by Gasteiger charge is 2.74. The van der Waals surface area contributed by atoms with E-state index in [1.807, 2.05) is 0 Å². The van der Waals surface area contributed by atoms with Crippen LogP contribution in [-0.2, 0) is 4.74 Å². The number of aliphatic hydroxyl groups is 1. The lowest BCUT2D eigenvalue weighted by Gasteiger charge is -2.62. The Morgan fingerprint density at radius 3 is 2.40 bits per heavy atom. The van der Waals surface area contributed by atoms with Gasteiger partial charge in [-0.25, -0.2) is 0 Å². The van der Waals surface area contributed by atoms with Crippen molar-refractivity contribution in [1.82, 2.24) is 0 Å². The molecule has 1 N–H and O–H groups in total. The molecule has 6 rings (SSSR count). The van der Waals surface area contributed by atoms with E-state index in [0.29, 0.717) is 41.4 Å². The third-order valence-corrected chi connectivity index (χ3v) is 8.77. The second-order valence-corrected chi connectivity index (χ2v) is 9.42. The minimum Gasteiger partial charge on any atom is -0.389 e. The van der Waals surface area contributed by atoms with Crippen molar-refractivity contribution in [2.24, 2.45) is 47.3 Å². The summed E-state index contributed by atoms with van der Waals surface area (Å²) in [5.74, 6) is 3.56. The molecule has 0 aromatic carbocycles. The van der Waals surface area contributed by atoms with Crippen molar-refractivity contribution in [2.75, 3.05) is 6.61 Å². The fourth-order valence-corrected chi connectivity index (χ4v) is 8.35. The summed E-state index contributed by atoms with van der Waals surface area (Å²) >= 11 is 0. The smallest absolute Gasteiger partial charge is 0.0796 e. The molecule has 0 aromatic heterocycles. The molecule has 10 unspecified atom stereocenters. The highest BCUT2D eigenvalue weighted by Crippen LogP contribution is 2.71. The van der Waals surface area contributed by atoms with E-state index >= 15 is 0 Å². The Labute approximate surface area is 150 Å². The van der Waals surface area contributed by atoms with Crippen molar-refractivity contribution >= 4 is 0 Å². The van der Waals surface area contributed by atoms with Gasteiger partial charge in [0, 0.05) is 23.7 Å². The van der Waals surface area contributed by atoms with Gasteiger partial charge in [-0.1, -0.05) is 42.5 Å². The van der Waals surface area contributed by atoms with Crippen molar-refractivity contribution in [3.8, 4) is 0 Å². The van der Waals surface area contributed by atoms with Gasteiger partial charge in [-0.3, -0.25) is 0 Å². The van der Waals surface area contributed by atoms with Crippen LogP contribution in [0.2, 0.25) is 0 Å². The highest BCUT2D eigenvalue weighted by molar-refractivity contribution is 5.32. The van der Waals surface area contributed by atoms with Crippen molar-refractivity contribution in [3.63, 3.8) is 0 Å². The molecule has 132 valence electrons. The Kier molecular flexibility index (Phi) is 2.86. The molecule has 25 heavy (non-hydrogen) atoms. The van der Waals surface area contributed by atoms with Gasteiger partial charge in [0.25, 0.3) is 0 Å². The first kappa shape index (κ1) is 15.0. The van der Waals surface area contributed by atoms with Gasteiger partial charge in [0.1, 0.15) is 0 Å². The standard InChI is InChI=1S/C23H28O2/c1-2-14-12-17-8-5-11-25-23-10-4-7-16-13-15-6-3-9-22(24,18(14)20(17)23)19(15)21(16)23/h2-8,14-21,24H,1,9-13H2. The maximum absolute atomic E-state index is 12.1. The minimum atomic E-state index is -0.576. The predicted molar refractivity (Wildman–Crippen MR) is 97.6 cm³/mol. The van der Waals surface area contributed by atoms with Crippen molar-refractivity contribution < 1.29 is 9.84 Å². The topological polar surface area (TPSA) is 29.5 Å². The van der Waals surface area contributed by atoms with Gasteiger partial charge in [-0.2, -0.15) is 0 Å². The van der Waals surface area contributed by atoms with E-state index in [2.05, 4.69) is 49.1 Å². The Morgan fingerprint density at radius 1 is 0.880 bits per heavy atom. The summed E-state index contributed by atoms with van der Waals surface area (Å²) < 4.78 is 6.76. The molecule has 3 fully saturated rings. The van der Waals surface area contributed by atoms with Gasteiger partial charge in [0.2, 0.25) is 0 Å². The van der Waals surface area contributed by atoms with E-state index in [9.17, 15) is 5.11 Å². The summed E-state index contributed by atoms with van der Waals surface area (Å²) in [4.78, 5) is 0. The quantitative estimate of drug-likeness (QED) is 0.736. The number of fused-ring (bicyclic) bond motifs is 1. The molecule has 0 bridgehead atoms. The lowest BCUT2D eigenvalue weighted by molar-refractivity contribution is -0.247. The number of hydrogen-bond donors (Lipinski definition) is 1. The van der Waals surface area contributed by atoms with Gasteiger partial charge >= 0.3 is 0 Å². The first-order valence-corrected chi connectivity index (χ1v) is 10.2. The average Bonchev–Trinajstić information content (AvgIpc) is 3.14. The number of hydrogen-bond acceptors (Lipinski definition) is 2. The van der Waals surface area contributed by atoms with Crippen molar-refractivity contribution in [1.29, 1.82) is 0 Å². The lowest BCUT2D eigenvalue weighted by atomic mass is 9.47. The van der Waals surface area contributed by atoms with E-state index < -0.39 is 5.60 Å². The van der Waals surface area contributed by atoms with Crippen LogP contribution in [0.4, 0.5) is 0 Å². The van der Waals surface area contributed by atoms with Crippen LogP contribution >= 0.6 is 0 Å². The fourth-order valence-electron chi connectivity index (χ4n) is 8.35. The van der Waals surface area contributed by atoms with Gasteiger partial charge in [-0.05, 0) is 49.4 Å². The monoisotopic (exact) mass is 336 g/mol. The third kappa shape index (κ3) is 1.60. The van der Waals surface area contributed by atoms with Crippen LogP contribution in [0.1, 0.15) is 25.7 Å². The predicted octanol–water partition coefficient (Wildman–Crippen LogP) is 3.90. The van der Waals surface area contributed by atoms with Crippen LogP contribution in [0.25, 0.3) is 0 Å².